The summed E-state index contributed by atoms with van der Waals surface area (Å²) in [6.07, 6.45) is 8.59. The molecule has 2 N–H and O–H groups in total. The van der Waals surface area contributed by atoms with Crippen LogP contribution in [0.5, 0.6) is 0 Å². The molecule has 0 saturated carbocycles. The third-order valence-corrected chi connectivity index (χ3v) is 12.9. The molecule has 8 heteroatoms. The quantitative estimate of drug-likeness (QED) is 0.149. The second kappa shape index (κ2) is 16.1. The SMILES string of the molecule is BrCc1ccc(-c2c3nc(c(-c4ccc(CBr)cc4)c4ccc([nH]4)c(-c4ccc(CBr)cc4)c4nc(c(-c5ccc(CBr)cc5)c5ccc2[nH]5)C=C4)C=C3)cc1. The van der Waals surface area contributed by atoms with Crippen molar-refractivity contribution in [2.24, 2.45) is 0 Å². The molecule has 0 unspecified atom stereocenters. The zero-order valence-corrected chi connectivity index (χ0v) is 36.4. The predicted molar refractivity (Wildman–Crippen MR) is 251 cm³/mol. The van der Waals surface area contributed by atoms with Crippen molar-refractivity contribution in [3.63, 3.8) is 0 Å². The second-order valence-corrected chi connectivity index (χ2v) is 16.1. The van der Waals surface area contributed by atoms with Crippen molar-refractivity contribution in [3.05, 3.63) is 166 Å². The van der Waals surface area contributed by atoms with E-state index in [0.717, 1.165) is 111 Å². The average molecular weight is 986 g/mol. The molecule has 7 aromatic rings. The number of hydrogen-bond acceptors (Lipinski definition) is 2. The third-order valence-electron chi connectivity index (χ3n) is 10.3. The molecule has 0 radical (unpaired) electrons. The first-order chi connectivity index (χ1) is 27.5. The lowest BCUT2D eigenvalue weighted by molar-refractivity contribution is 1.31. The zero-order chi connectivity index (χ0) is 38.2. The van der Waals surface area contributed by atoms with Gasteiger partial charge in [-0.3, -0.25) is 0 Å². The van der Waals surface area contributed by atoms with Crippen LogP contribution >= 0.6 is 63.7 Å². The smallest absolute Gasteiger partial charge is 0.0737 e. The van der Waals surface area contributed by atoms with Gasteiger partial charge in [0.1, 0.15) is 0 Å². The van der Waals surface area contributed by atoms with Crippen LogP contribution < -0.4 is 0 Å². The Hall–Kier alpha value is -4.60. The monoisotopic (exact) mass is 982 g/mol. The molecule has 5 heterocycles. The highest BCUT2D eigenvalue weighted by atomic mass is 79.9. The minimum atomic E-state index is 0.792. The number of nitrogens with one attached hydrogen (secondary N) is 2. The van der Waals surface area contributed by atoms with Crippen molar-refractivity contribution in [1.29, 1.82) is 0 Å². The van der Waals surface area contributed by atoms with E-state index in [2.05, 4.69) is 219 Å². The number of nitrogens with zero attached hydrogens (tertiary/aromatic N) is 2. The standard InChI is InChI=1S/C48H34Br4N4/c49-25-29-1-9-33(10-2-29)45-37-17-19-39(53-37)46(34-11-3-30(26-50)4-12-34)41-21-23-43(55-41)48(36-15-7-32(28-52)8-16-36)44-24-22-42(56-44)47(40-20-18-38(45)54-40)35-13-5-31(27-51)6-14-35/h1-24,53,56H,25-28H2. The number of hydrogen-bond donors (Lipinski definition) is 2. The molecule has 3 aromatic heterocycles. The molecule has 0 amide bonds. The van der Waals surface area contributed by atoms with E-state index < -0.39 is 0 Å². The maximum Gasteiger partial charge on any atom is 0.0737 e. The lowest BCUT2D eigenvalue weighted by Crippen LogP contribution is -1.90. The van der Waals surface area contributed by atoms with Gasteiger partial charge in [-0.2, -0.15) is 0 Å². The second-order valence-electron chi connectivity index (χ2n) is 13.8. The molecule has 56 heavy (non-hydrogen) atoms. The molecular weight excluding hydrogens is 952 g/mol. The molecular formula is C48H34Br4N4. The van der Waals surface area contributed by atoms with Gasteiger partial charge in [0, 0.05) is 65.6 Å². The van der Waals surface area contributed by atoms with Crippen LogP contribution in [0.15, 0.2) is 121 Å². The molecule has 0 fully saturated rings. The summed E-state index contributed by atoms with van der Waals surface area (Å²) >= 11 is 14.5. The molecule has 0 atom stereocenters. The van der Waals surface area contributed by atoms with Crippen LogP contribution in [-0.4, -0.2) is 19.9 Å². The van der Waals surface area contributed by atoms with Gasteiger partial charge in [-0.1, -0.05) is 161 Å². The van der Waals surface area contributed by atoms with Gasteiger partial charge in [-0.25, -0.2) is 9.97 Å². The molecule has 274 valence electrons. The minimum absolute atomic E-state index is 0.792. The van der Waals surface area contributed by atoms with Crippen molar-refractivity contribution < 1.29 is 0 Å². The molecule has 2 aliphatic rings. The molecule has 0 aliphatic carbocycles. The molecule has 2 aliphatic heterocycles. The average Bonchev–Trinajstić information content (AvgIpc) is 4.10. The van der Waals surface area contributed by atoms with E-state index in [4.69, 9.17) is 9.97 Å². The van der Waals surface area contributed by atoms with Crippen LogP contribution in [0.25, 0.3) is 90.9 Å². The lowest BCUT2D eigenvalue weighted by atomic mass is 10.0. The van der Waals surface area contributed by atoms with Crippen molar-refractivity contribution in [2.45, 2.75) is 21.3 Å². The number of benzene rings is 4. The van der Waals surface area contributed by atoms with Crippen molar-refractivity contribution >= 4 is 110 Å². The maximum absolute atomic E-state index is 5.44. The van der Waals surface area contributed by atoms with Crippen LogP contribution in [0, 0.1) is 0 Å². The Balaban J connectivity index is 1.44. The molecule has 0 saturated heterocycles. The summed E-state index contributed by atoms with van der Waals surface area (Å²) in [5.41, 5.74) is 20.8. The van der Waals surface area contributed by atoms with Gasteiger partial charge in [0.15, 0.2) is 0 Å². The maximum atomic E-state index is 5.44. The van der Waals surface area contributed by atoms with E-state index in [1.807, 2.05) is 0 Å². The van der Waals surface area contributed by atoms with Crippen LogP contribution in [0.2, 0.25) is 0 Å². The predicted octanol–water partition coefficient (Wildman–Crippen LogP) is 14.9. The first-order valence-electron chi connectivity index (χ1n) is 18.3. The Kier molecular flexibility index (Phi) is 10.6. The summed E-state index contributed by atoms with van der Waals surface area (Å²) in [4.78, 5) is 18.6. The van der Waals surface area contributed by atoms with Gasteiger partial charge in [-0.15, -0.1) is 0 Å². The molecule has 0 spiro atoms. The third kappa shape index (κ3) is 7.13. The first-order valence-corrected chi connectivity index (χ1v) is 22.8. The van der Waals surface area contributed by atoms with E-state index >= 15 is 0 Å². The fourth-order valence-corrected chi connectivity index (χ4v) is 8.96. The molecule has 8 bridgehead atoms. The number of alkyl halides is 4. The first kappa shape index (κ1) is 37.0. The van der Waals surface area contributed by atoms with E-state index in [-0.39, 0.29) is 0 Å². The van der Waals surface area contributed by atoms with Gasteiger partial charge < -0.3 is 9.97 Å². The highest BCUT2D eigenvalue weighted by Crippen LogP contribution is 2.39. The Morgan fingerprint density at radius 1 is 0.304 bits per heavy atom. The lowest BCUT2D eigenvalue weighted by Gasteiger charge is -2.08. The largest absolute Gasteiger partial charge is 0.354 e. The van der Waals surface area contributed by atoms with Crippen molar-refractivity contribution in [2.75, 3.05) is 0 Å². The van der Waals surface area contributed by atoms with Gasteiger partial charge in [0.25, 0.3) is 0 Å². The molecule has 4 aromatic carbocycles. The van der Waals surface area contributed by atoms with Gasteiger partial charge in [-0.05, 0) is 93.1 Å². The van der Waals surface area contributed by atoms with Crippen LogP contribution in [0.4, 0.5) is 0 Å². The molecule has 4 nitrogen and oxygen atoms in total. The number of H-pyrrole nitrogens is 2. The minimum Gasteiger partial charge on any atom is -0.354 e. The van der Waals surface area contributed by atoms with E-state index in [1.165, 1.54) is 22.3 Å². The normalized spacial score (nSPS) is 12.1. The number of aromatic amines is 2. The Bertz CT molecular complexity index is 2430. The summed E-state index contributed by atoms with van der Waals surface area (Å²) in [5, 5.41) is 3.17. The number of halogens is 4. The van der Waals surface area contributed by atoms with Gasteiger partial charge in [0.2, 0.25) is 0 Å². The Labute approximate surface area is 359 Å². The summed E-state index contributed by atoms with van der Waals surface area (Å²) in [5.74, 6) is 0. The van der Waals surface area contributed by atoms with Crippen molar-refractivity contribution in [1.82, 2.24) is 19.9 Å². The van der Waals surface area contributed by atoms with Gasteiger partial charge >= 0.3 is 0 Å². The van der Waals surface area contributed by atoms with Gasteiger partial charge in [0.05, 0.1) is 22.8 Å². The van der Waals surface area contributed by atoms with E-state index in [9.17, 15) is 0 Å². The fraction of sp³-hybridized carbons (Fsp3) is 0.0833. The van der Waals surface area contributed by atoms with Crippen LogP contribution in [0.3, 0.4) is 0 Å². The Morgan fingerprint density at radius 3 is 0.714 bits per heavy atom. The fourth-order valence-electron chi connectivity index (χ4n) is 7.46. The Morgan fingerprint density at radius 2 is 0.518 bits per heavy atom. The highest BCUT2D eigenvalue weighted by Gasteiger charge is 2.19. The van der Waals surface area contributed by atoms with Crippen molar-refractivity contribution in [3.8, 4) is 44.5 Å². The highest BCUT2D eigenvalue weighted by molar-refractivity contribution is 9.09. The van der Waals surface area contributed by atoms with E-state index in [1.54, 1.807) is 0 Å². The van der Waals surface area contributed by atoms with Crippen LogP contribution in [0.1, 0.15) is 45.0 Å². The summed E-state index contributed by atoms with van der Waals surface area (Å²) < 4.78 is 0. The summed E-state index contributed by atoms with van der Waals surface area (Å²) in [6, 6.07) is 43.6. The van der Waals surface area contributed by atoms with Crippen LogP contribution in [-0.2, 0) is 21.3 Å². The zero-order valence-electron chi connectivity index (χ0n) is 30.1. The number of aromatic nitrogens is 4. The van der Waals surface area contributed by atoms with E-state index in [0.29, 0.717) is 0 Å². The topological polar surface area (TPSA) is 57.4 Å². The number of fused-ring (bicyclic) bond motifs is 8. The number of rotatable bonds is 8. The summed E-state index contributed by atoms with van der Waals surface area (Å²) in [6.45, 7) is 0. The molecule has 9 rings (SSSR count). The summed E-state index contributed by atoms with van der Waals surface area (Å²) in [7, 11) is 0.